The summed E-state index contributed by atoms with van der Waals surface area (Å²) in [6.07, 6.45) is 7.02. The van der Waals surface area contributed by atoms with E-state index in [4.69, 9.17) is 12.2 Å². The highest BCUT2D eigenvalue weighted by Gasteiger charge is 2.07. The van der Waals surface area contributed by atoms with Crippen molar-refractivity contribution in [3.8, 4) is 29.9 Å². The maximum absolute atomic E-state index is 11.2. The van der Waals surface area contributed by atoms with Gasteiger partial charge in [0, 0.05) is 17.7 Å². The van der Waals surface area contributed by atoms with Crippen LogP contribution < -0.4 is 11.1 Å². The van der Waals surface area contributed by atoms with Crippen molar-refractivity contribution < 1.29 is 9.90 Å². The van der Waals surface area contributed by atoms with Gasteiger partial charge in [0.05, 0.1) is 11.2 Å². The van der Waals surface area contributed by atoms with Crippen molar-refractivity contribution in [2.45, 2.75) is 19.3 Å². The van der Waals surface area contributed by atoms with Gasteiger partial charge in [-0.3, -0.25) is 4.79 Å². The average Bonchev–Trinajstić information content (AvgIpc) is 3.06. The number of nitrogens with two attached hydrogens (primary N) is 1. The molecule has 28 heavy (non-hydrogen) atoms. The maximum atomic E-state index is 11.2. The van der Waals surface area contributed by atoms with Gasteiger partial charge in [0.2, 0.25) is 5.78 Å². The van der Waals surface area contributed by atoms with Gasteiger partial charge in [-0.2, -0.15) is 0 Å². The number of aromatic hydroxyl groups is 1. The van der Waals surface area contributed by atoms with Crippen LogP contribution in [0.5, 0.6) is 5.75 Å². The highest BCUT2D eigenvalue weighted by molar-refractivity contribution is 7.22. The zero-order chi connectivity index (χ0) is 19.9. The number of fused-ring (bicyclic) bond motifs is 1. The zero-order valence-electron chi connectivity index (χ0n) is 15.2. The molecule has 3 rings (SSSR count). The molecule has 0 bridgehead atoms. The molecule has 0 aliphatic rings. The van der Waals surface area contributed by atoms with E-state index in [0.29, 0.717) is 29.2 Å². The Kier molecular flexibility index (Phi) is 6.16. The molecule has 0 fully saturated rings. The lowest BCUT2D eigenvalue weighted by atomic mass is 10.1. The number of carbonyl (C=O) groups excluding carboxylic acids is 1. The van der Waals surface area contributed by atoms with Crippen LogP contribution in [0, 0.1) is 24.2 Å². The molecule has 0 unspecified atom stereocenters. The Morgan fingerprint density at radius 2 is 2.18 bits per heavy atom. The highest BCUT2D eigenvalue weighted by atomic mass is 32.1. The lowest BCUT2D eigenvalue weighted by Gasteiger charge is -2.05. The molecule has 1 heterocycles. The molecule has 140 valence electrons. The van der Waals surface area contributed by atoms with Crippen molar-refractivity contribution in [1.29, 1.82) is 0 Å². The molecule has 0 aliphatic heterocycles. The van der Waals surface area contributed by atoms with Gasteiger partial charge in [0.25, 0.3) is 0 Å². The summed E-state index contributed by atoms with van der Waals surface area (Å²) in [6, 6.07) is 11.5. The second-order valence-electron chi connectivity index (χ2n) is 6.17. The second-order valence-corrected chi connectivity index (χ2v) is 7.23. The number of nitrogens with zero attached hydrogens (tertiary/aromatic N) is 1. The molecule has 0 saturated heterocycles. The van der Waals surface area contributed by atoms with E-state index in [9.17, 15) is 9.90 Å². The summed E-state index contributed by atoms with van der Waals surface area (Å²) < 4.78 is 0.811. The maximum Gasteiger partial charge on any atom is 0.205 e. The van der Waals surface area contributed by atoms with Gasteiger partial charge in [0.15, 0.2) is 5.13 Å². The quantitative estimate of drug-likeness (QED) is 0.443. The first-order valence-electron chi connectivity index (χ1n) is 8.75. The number of aromatic nitrogens is 1. The number of ketones is 1. The minimum absolute atomic E-state index is 0.0822. The number of benzene rings is 2. The van der Waals surface area contributed by atoms with Gasteiger partial charge >= 0.3 is 0 Å². The van der Waals surface area contributed by atoms with Gasteiger partial charge in [-0.05, 0) is 48.6 Å². The minimum atomic E-state index is -0.158. The van der Waals surface area contributed by atoms with Crippen LogP contribution in [0.25, 0.3) is 10.2 Å². The minimum Gasteiger partial charge on any atom is -0.506 e. The predicted octanol–water partition coefficient (Wildman–Crippen LogP) is 3.57. The van der Waals surface area contributed by atoms with Crippen molar-refractivity contribution >= 4 is 38.2 Å². The van der Waals surface area contributed by atoms with E-state index in [-0.39, 0.29) is 11.5 Å². The Morgan fingerprint density at radius 3 is 3.00 bits per heavy atom. The van der Waals surface area contributed by atoms with Crippen LogP contribution in [0.4, 0.5) is 10.8 Å². The van der Waals surface area contributed by atoms with E-state index in [1.54, 1.807) is 6.07 Å². The summed E-state index contributed by atoms with van der Waals surface area (Å²) in [4.78, 5) is 15.3. The highest BCUT2D eigenvalue weighted by Crippen LogP contribution is 2.31. The summed E-state index contributed by atoms with van der Waals surface area (Å²) >= 11 is 1.32. The van der Waals surface area contributed by atoms with Crippen LogP contribution in [0.15, 0.2) is 36.4 Å². The molecule has 5 nitrogen and oxygen atoms in total. The fourth-order valence-corrected chi connectivity index (χ4v) is 3.55. The Labute approximate surface area is 167 Å². The fraction of sp³-hybridized carbons (Fsp3) is 0.182. The summed E-state index contributed by atoms with van der Waals surface area (Å²) in [5.74, 6) is 8.14. The number of hydrogen-bond donors (Lipinski definition) is 3. The number of terminal acetylenes is 1. The second kappa shape index (κ2) is 8.94. The lowest BCUT2D eigenvalue weighted by molar-refractivity contribution is -0.113. The number of phenolic OH excluding ortho intramolecular Hbond substituents is 1. The first-order valence-corrected chi connectivity index (χ1v) is 9.57. The largest absolute Gasteiger partial charge is 0.506 e. The molecule has 0 spiro atoms. The van der Waals surface area contributed by atoms with Crippen LogP contribution in [0.1, 0.15) is 24.0 Å². The molecule has 2 aromatic carbocycles. The number of hydrogen-bond acceptors (Lipinski definition) is 6. The van der Waals surface area contributed by atoms with Crippen molar-refractivity contribution in [2.75, 3.05) is 17.6 Å². The predicted molar refractivity (Wildman–Crippen MR) is 114 cm³/mol. The van der Waals surface area contributed by atoms with E-state index < -0.39 is 0 Å². The molecular formula is C22H19N3O2S. The Balaban J connectivity index is 1.58. The SMILES string of the molecule is C#CC(=O)CCCc1cccc(NCC#Cc2cc(O)c3nc(N)sc3c2)c1. The molecule has 0 atom stereocenters. The molecule has 3 aromatic rings. The van der Waals surface area contributed by atoms with Crippen molar-refractivity contribution in [2.24, 2.45) is 0 Å². The third-order valence-electron chi connectivity index (χ3n) is 4.06. The van der Waals surface area contributed by atoms with Crippen LogP contribution in [-0.2, 0) is 11.2 Å². The van der Waals surface area contributed by atoms with Gasteiger partial charge in [-0.15, -0.1) is 6.42 Å². The average molecular weight is 389 g/mol. The number of thiazole rings is 1. The van der Waals surface area contributed by atoms with Gasteiger partial charge in [-0.1, -0.05) is 35.3 Å². The molecule has 0 amide bonds. The number of anilines is 2. The molecule has 0 saturated carbocycles. The first-order chi connectivity index (χ1) is 13.5. The third kappa shape index (κ3) is 5.03. The number of aryl methyl sites for hydroxylation is 1. The van der Waals surface area contributed by atoms with E-state index in [2.05, 4.69) is 28.1 Å². The van der Waals surface area contributed by atoms with E-state index in [1.165, 1.54) is 11.3 Å². The number of Topliss-reactive ketones (excluding diaryl/α,β-unsaturated/α-hetero) is 1. The summed E-state index contributed by atoms with van der Waals surface area (Å²) in [6.45, 7) is 0.461. The molecule has 6 heteroatoms. The Bertz CT molecular complexity index is 1120. The van der Waals surface area contributed by atoms with Crippen LogP contribution in [0.2, 0.25) is 0 Å². The van der Waals surface area contributed by atoms with Gasteiger partial charge in [0.1, 0.15) is 11.3 Å². The molecular weight excluding hydrogens is 370 g/mol. The Hall–Kier alpha value is -3.48. The molecule has 1 aromatic heterocycles. The number of carbonyl (C=O) groups is 1. The molecule has 0 radical (unpaired) electrons. The first kappa shape index (κ1) is 19.3. The van der Waals surface area contributed by atoms with Crippen LogP contribution in [-0.4, -0.2) is 22.4 Å². The topological polar surface area (TPSA) is 88.2 Å². The van der Waals surface area contributed by atoms with Crippen molar-refractivity contribution in [3.05, 3.63) is 47.5 Å². The number of phenols is 1. The summed E-state index contributed by atoms with van der Waals surface area (Å²) in [7, 11) is 0. The van der Waals surface area contributed by atoms with E-state index in [0.717, 1.165) is 28.8 Å². The van der Waals surface area contributed by atoms with Crippen LogP contribution in [0.3, 0.4) is 0 Å². The monoisotopic (exact) mass is 389 g/mol. The molecule has 4 N–H and O–H groups in total. The molecule has 0 aliphatic carbocycles. The van der Waals surface area contributed by atoms with Crippen LogP contribution >= 0.6 is 11.3 Å². The van der Waals surface area contributed by atoms with Gasteiger partial charge in [-0.25, -0.2) is 4.98 Å². The number of nitrogens with one attached hydrogen (secondary N) is 1. The van der Waals surface area contributed by atoms with E-state index in [1.807, 2.05) is 30.3 Å². The van der Waals surface area contributed by atoms with Gasteiger partial charge < -0.3 is 16.2 Å². The number of nitrogen functional groups attached to an aromatic ring is 1. The third-order valence-corrected chi connectivity index (χ3v) is 4.89. The Morgan fingerprint density at radius 1 is 1.32 bits per heavy atom. The normalized spacial score (nSPS) is 10.1. The lowest BCUT2D eigenvalue weighted by Crippen LogP contribution is -2.00. The summed E-state index contributed by atoms with van der Waals surface area (Å²) in [5.41, 5.74) is 9.00. The van der Waals surface area contributed by atoms with Crippen molar-refractivity contribution in [3.63, 3.8) is 0 Å². The summed E-state index contributed by atoms with van der Waals surface area (Å²) in [5, 5.41) is 13.7. The fourth-order valence-electron chi connectivity index (χ4n) is 2.76. The number of rotatable bonds is 6. The smallest absolute Gasteiger partial charge is 0.205 e. The van der Waals surface area contributed by atoms with E-state index >= 15 is 0 Å². The zero-order valence-corrected chi connectivity index (χ0v) is 16.0. The standard InChI is InChI=1S/C22H19N3O2S/c1-2-18(26)10-4-7-15-6-3-9-17(12-15)24-11-5-8-16-13-19(27)21-20(14-16)28-22(23)25-21/h1,3,6,9,12-14,24,27H,4,7,10-11H2,(H2,23,25). The van der Waals surface area contributed by atoms with Crippen molar-refractivity contribution in [1.82, 2.24) is 4.98 Å².